The number of fused-ring (bicyclic) bond motifs is 1. The van der Waals surface area contributed by atoms with E-state index in [1.54, 1.807) is 0 Å². The highest BCUT2D eigenvalue weighted by atomic mass is 16.8. The van der Waals surface area contributed by atoms with Gasteiger partial charge >= 0.3 is 0 Å². The monoisotopic (exact) mass is 358 g/mol. The Morgan fingerprint density at radius 1 is 0.846 bits per heavy atom. The number of benzene rings is 2. The predicted octanol–water partition coefficient (Wildman–Crippen LogP) is 1.94. The summed E-state index contributed by atoms with van der Waals surface area (Å²) in [5, 5.41) is 19.8. The molecule has 2 heterocycles. The van der Waals surface area contributed by atoms with E-state index >= 15 is 0 Å². The zero-order valence-corrected chi connectivity index (χ0v) is 14.2. The van der Waals surface area contributed by atoms with Gasteiger partial charge in [-0.2, -0.15) is 0 Å². The molecule has 0 amide bonds. The Hall–Kier alpha value is -1.80. The third-order valence-corrected chi connectivity index (χ3v) is 4.67. The molecule has 138 valence electrons. The molecule has 2 aliphatic heterocycles. The van der Waals surface area contributed by atoms with Gasteiger partial charge in [0, 0.05) is 11.1 Å². The number of hydrogen-bond acceptors (Lipinski definition) is 6. The lowest BCUT2D eigenvalue weighted by Crippen LogP contribution is -2.58. The number of ether oxygens (including phenoxy) is 4. The highest BCUT2D eigenvalue weighted by Crippen LogP contribution is 2.38. The highest BCUT2D eigenvalue weighted by Gasteiger charge is 2.48. The molecule has 6 nitrogen and oxygen atoms in total. The maximum atomic E-state index is 10.3. The molecular weight excluding hydrogens is 336 g/mol. The van der Waals surface area contributed by atoms with E-state index in [1.807, 2.05) is 60.7 Å². The summed E-state index contributed by atoms with van der Waals surface area (Å²) in [6.45, 7) is -0.110. The van der Waals surface area contributed by atoms with Gasteiger partial charge in [-0.15, -0.1) is 0 Å². The van der Waals surface area contributed by atoms with Gasteiger partial charge in [0.15, 0.2) is 12.6 Å². The summed E-state index contributed by atoms with van der Waals surface area (Å²) in [5.41, 5.74) is 1.72. The summed E-state index contributed by atoms with van der Waals surface area (Å²) in [7, 11) is 0. The lowest BCUT2D eigenvalue weighted by Gasteiger charge is -2.47. The first-order chi connectivity index (χ1) is 12.8. The fourth-order valence-corrected chi connectivity index (χ4v) is 3.33. The van der Waals surface area contributed by atoms with E-state index < -0.39 is 43.6 Å². The minimum absolute atomic E-state index is 0.311. The van der Waals surface area contributed by atoms with Crippen LogP contribution in [0, 0.1) is 0 Å². The van der Waals surface area contributed by atoms with Gasteiger partial charge in [-0.1, -0.05) is 60.7 Å². The van der Waals surface area contributed by atoms with E-state index in [2.05, 4.69) is 0 Å². The molecule has 4 rings (SSSR count). The standard InChI is InChI=1S/C20H22O6/c21-11-15(22)17-18-16(24-20(25-17)14-9-5-2-6-10-14)12-23-19(26-18)13-7-3-1-4-8-13/h1-10,15-22H,11-12H2/t15-,16+,17-,18-,19-,20+/m0/s1. The second kappa shape index (κ2) is 7.84. The number of rotatable bonds is 4. The van der Waals surface area contributed by atoms with Crippen LogP contribution in [0.5, 0.6) is 0 Å². The molecule has 0 unspecified atom stereocenters. The van der Waals surface area contributed by atoms with Gasteiger partial charge in [0.2, 0.25) is 0 Å². The molecule has 0 spiro atoms. The van der Waals surface area contributed by atoms with Crippen molar-refractivity contribution in [2.24, 2.45) is 0 Å². The van der Waals surface area contributed by atoms with Crippen molar-refractivity contribution in [2.75, 3.05) is 13.2 Å². The Balaban J connectivity index is 1.56. The van der Waals surface area contributed by atoms with Gasteiger partial charge in [-0.25, -0.2) is 0 Å². The molecule has 2 N–H and O–H groups in total. The van der Waals surface area contributed by atoms with Crippen LogP contribution in [0.3, 0.4) is 0 Å². The van der Waals surface area contributed by atoms with Gasteiger partial charge < -0.3 is 29.2 Å². The second-order valence-corrected chi connectivity index (χ2v) is 6.44. The molecule has 0 aliphatic carbocycles. The van der Waals surface area contributed by atoms with Crippen molar-refractivity contribution in [3.63, 3.8) is 0 Å². The highest BCUT2D eigenvalue weighted by molar-refractivity contribution is 5.18. The van der Waals surface area contributed by atoms with E-state index in [0.29, 0.717) is 6.61 Å². The molecule has 0 radical (unpaired) electrons. The minimum atomic E-state index is -1.08. The third-order valence-electron chi connectivity index (χ3n) is 4.67. The Labute approximate surface area is 151 Å². The molecule has 2 saturated heterocycles. The fourth-order valence-electron chi connectivity index (χ4n) is 3.33. The van der Waals surface area contributed by atoms with Crippen molar-refractivity contribution in [3.05, 3.63) is 71.8 Å². The van der Waals surface area contributed by atoms with Crippen molar-refractivity contribution in [3.8, 4) is 0 Å². The van der Waals surface area contributed by atoms with Crippen LogP contribution in [0.25, 0.3) is 0 Å². The van der Waals surface area contributed by atoms with Crippen LogP contribution in [0.2, 0.25) is 0 Å². The molecule has 0 aromatic heterocycles. The Kier molecular flexibility index (Phi) is 5.31. The van der Waals surface area contributed by atoms with Crippen LogP contribution in [0.15, 0.2) is 60.7 Å². The van der Waals surface area contributed by atoms with E-state index in [4.69, 9.17) is 18.9 Å². The number of aliphatic hydroxyl groups excluding tert-OH is 2. The van der Waals surface area contributed by atoms with Crippen molar-refractivity contribution in [2.45, 2.75) is 37.0 Å². The average molecular weight is 358 g/mol. The SMILES string of the molecule is OC[C@H](O)[C@@H]1O[C@H](c2ccccc2)O[C@@H]2CO[C@H](c3ccccc3)O[C@H]12. The predicted molar refractivity (Wildman–Crippen MR) is 92.0 cm³/mol. The maximum absolute atomic E-state index is 10.3. The quantitative estimate of drug-likeness (QED) is 0.870. The number of aliphatic hydroxyl groups is 2. The van der Waals surface area contributed by atoms with Crippen molar-refractivity contribution < 1.29 is 29.2 Å². The lowest BCUT2D eigenvalue weighted by molar-refractivity contribution is -0.373. The molecule has 2 aliphatic rings. The van der Waals surface area contributed by atoms with Crippen molar-refractivity contribution >= 4 is 0 Å². The van der Waals surface area contributed by atoms with Gasteiger partial charge in [0.25, 0.3) is 0 Å². The molecule has 2 aromatic carbocycles. The van der Waals surface area contributed by atoms with Crippen LogP contribution in [0.4, 0.5) is 0 Å². The molecular formula is C20H22O6. The first-order valence-corrected chi connectivity index (χ1v) is 8.73. The van der Waals surface area contributed by atoms with Gasteiger partial charge in [-0.3, -0.25) is 0 Å². The normalized spacial score (nSPS) is 32.6. The zero-order chi connectivity index (χ0) is 17.9. The van der Waals surface area contributed by atoms with Crippen LogP contribution < -0.4 is 0 Å². The zero-order valence-electron chi connectivity index (χ0n) is 14.2. The molecule has 0 saturated carbocycles. The fraction of sp³-hybridized carbons (Fsp3) is 0.400. The lowest BCUT2D eigenvalue weighted by atomic mass is 9.99. The van der Waals surface area contributed by atoms with Crippen molar-refractivity contribution in [1.82, 2.24) is 0 Å². The van der Waals surface area contributed by atoms with Crippen LogP contribution in [-0.2, 0) is 18.9 Å². The van der Waals surface area contributed by atoms with Crippen LogP contribution >= 0.6 is 0 Å². The first kappa shape index (κ1) is 17.6. The van der Waals surface area contributed by atoms with E-state index in [1.165, 1.54) is 0 Å². The Morgan fingerprint density at radius 2 is 1.46 bits per heavy atom. The summed E-state index contributed by atoms with van der Waals surface area (Å²) in [5.74, 6) is 0. The Bertz CT molecular complexity index is 692. The Morgan fingerprint density at radius 3 is 2.08 bits per heavy atom. The van der Waals surface area contributed by atoms with Crippen LogP contribution in [0.1, 0.15) is 23.7 Å². The van der Waals surface area contributed by atoms with Gasteiger partial charge in [0.05, 0.1) is 13.2 Å². The van der Waals surface area contributed by atoms with Crippen LogP contribution in [-0.4, -0.2) is 47.8 Å². The summed E-state index contributed by atoms with van der Waals surface area (Å²) in [6, 6.07) is 19.1. The molecule has 26 heavy (non-hydrogen) atoms. The van der Waals surface area contributed by atoms with Crippen molar-refractivity contribution in [1.29, 1.82) is 0 Å². The number of hydrogen-bond donors (Lipinski definition) is 2. The van der Waals surface area contributed by atoms with E-state index in [9.17, 15) is 10.2 Å². The molecule has 2 fully saturated rings. The summed E-state index contributed by atoms with van der Waals surface area (Å²) >= 11 is 0. The summed E-state index contributed by atoms with van der Waals surface area (Å²) < 4.78 is 23.9. The van der Waals surface area contributed by atoms with E-state index in [-0.39, 0.29) is 0 Å². The van der Waals surface area contributed by atoms with Gasteiger partial charge in [0.1, 0.15) is 24.4 Å². The minimum Gasteiger partial charge on any atom is -0.394 e. The molecule has 6 atom stereocenters. The summed E-state index contributed by atoms with van der Waals surface area (Å²) in [4.78, 5) is 0. The average Bonchev–Trinajstić information content (AvgIpc) is 2.73. The molecule has 6 heteroatoms. The molecule has 0 bridgehead atoms. The first-order valence-electron chi connectivity index (χ1n) is 8.73. The smallest absolute Gasteiger partial charge is 0.184 e. The largest absolute Gasteiger partial charge is 0.394 e. The summed E-state index contributed by atoms with van der Waals surface area (Å²) in [6.07, 6.45) is -3.96. The second-order valence-electron chi connectivity index (χ2n) is 6.44. The van der Waals surface area contributed by atoms with E-state index in [0.717, 1.165) is 11.1 Å². The third kappa shape index (κ3) is 3.53. The van der Waals surface area contributed by atoms with Gasteiger partial charge in [-0.05, 0) is 0 Å². The maximum Gasteiger partial charge on any atom is 0.184 e. The topological polar surface area (TPSA) is 77.4 Å². The molecule has 2 aromatic rings.